The van der Waals surface area contributed by atoms with Gasteiger partial charge in [-0.2, -0.15) is 0 Å². The Hall–Kier alpha value is -2.24. The molecule has 6 heteroatoms. The highest BCUT2D eigenvalue weighted by molar-refractivity contribution is 5.87. The number of likely N-dealkylation sites (tertiary alicyclic amines) is 1. The molecule has 2 aliphatic rings. The fourth-order valence-corrected chi connectivity index (χ4v) is 3.47. The van der Waals surface area contributed by atoms with Gasteiger partial charge in [-0.15, -0.1) is 0 Å². The summed E-state index contributed by atoms with van der Waals surface area (Å²) in [6.07, 6.45) is 1.12. The molecule has 1 atom stereocenters. The third-order valence-corrected chi connectivity index (χ3v) is 5.03. The number of methoxy groups -OCH3 is 1. The van der Waals surface area contributed by atoms with E-state index in [2.05, 4.69) is 4.90 Å². The molecule has 0 N–H and O–H groups in total. The molecule has 130 valence electrons. The maximum absolute atomic E-state index is 12.7. The van der Waals surface area contributed by atoms with Gasteiger partial charge in [-0.1, -0.05) is 12.1 Å². The van der Waals surface area contributed by atoms with Gasteiger partial charge in [0.2, 0.25) is 11.8 Å². The molecule has 2 fully saturated rings. The Morgan fingerprint density at radius 1 is 1.12 bits per heavy atom. The van der Waals surface area contributed by atoms with Crippen molar-refractivity contribution in [2.24, 2.45) is 5.92 Å². The van der Waals surface area contributed by atoms with E-state index in [1.54, 1.807) is 19.1 Å². The van der Waals surface area contributed by atoms with E-state index in [9.17, 15) is 9.59 Å². The zero-order valence-electron chi connectivity index (χ0n) is 14.4. The number of hydrogen-bond acceptors (Lipinski definition) is 4. The molecule has 0 spiro atoms. The number of piperidine rings is 1. The molecule has 0 saturated carbocycles. The van der Waals surface area contributed by atoms with Crippen LogP contribution in [0, 0.1) is 5.92 Å². The van der Waals surface area contributed by atoms with Gasteiger partial charge < -0.3 is 19.4 Å². The summed E-state index contributed by atoms with van der Waals surface area (Å²) in [5.74, 6) is 0.924. The fourth-order valence-electron chi connectivity index (χ4n) is 3.47. The van der Waals surface area contributed by atoms with E-state index in [1.165, 1.54) is 0 Å². The number of hydrogen-bond donors (Lipinski definition) is 0. The number of ether oxygens (including phenoxy) is 1. The number of carbonyl (C=O) groups is 2. The SMILES string of the molecule is COc1ccccc1N1CCN(C(=O)[C@@H]2CCN(C)C(=O)C2)CC1. The predicted octanol–water partition coefficient (Wildman–Crippen LogP) is 1.21. The van der Waals surface area contributed by atoms with Crippen LogP contribution in [0.2, 0.25) is 0 Å². The highest BCUT2D eigenvalue weighted by Crippen LogP contribution is 2.29. The lowest BCUT2D eigenvalue weighted by molar-refractivity contribution is -0.144. The molecule has 2 aliphatic heterocycles. The summed E-state index contributed by atoms with van der Waals surface area (Å²) < 4.78 is 5.43. The minimum absolute atomic E-state index is 0.0762. The van der Waals surface area contributed by atoms with Gasteiger partial charge in [0.15, 0.2) is 0 Å². The maximum atomic E-state index is 12.7. The van der Waals surface area contributed by atoms with Crippen LogP contribution in [0.15, 0.2) is 24.3 Å². The monoisotopic (exact) mass is 331 g/mol. The zero-order chi connectivity index (χ0) is 17.1. The van der Waals surface area contributed by atoms with E-state index in [4.69, 9.17) is 4.74 Å². The lowest BCUT2D eigenvalue weighted by Crippen LogP contribution is -2.52. The average molecular weight is 331 g/mol. The number of piperazine rings is 1. The van der Waals surface area contributed by atoms with Crippen molar-refractivity contribution < 1.29 is 14.3 Å². The van der Waals surface area contributed by atoms with Crippen LogP contribution in [-0.2, 0) is 9.59 Å². The van der Waals surface area contributed by atoms with Crippen molar-refractivity contribution in [1.29, 1.82) is 0 Å². The van der Waals surface area contributed by atoms with Crippen molar-refractivity contribution in [2.45, 2.75) is 12.8 Å². The topological polar surface area (TPSA) is 53.1 Å². The first-order valence-corrected chi connectivity index (χ1v) is 8.51. The Bertz CT molecular complexity index is 611. The molecular formula is C18H25N3O3. The number of anilines is 1. The Labute approximate surface area is 143 Å². The third kappa shape index (κ3) is 3.32. The molecule has 0 bridgehead atoms. The number of rotatable bonds is 3. The first-order chi connectivity index (χ1) is 11.6. The van der Waals surface area contributed by atoms with E-state index >= 15 is 0 Å². The van der Waals surface area contributed by atoms with E-state index in [-0.39, 0.29) is 17.7 Å². The second-order valence-electron chi connectivity index (χ2n) is 6.49. The highest BCUT2D eigenvalue weighted by atomic mass is 16.5. The van der Waals surface area contributed by atoms with Crippen LogP contribution in [0.1, 0.15) is 12.8 Å². The van der Waals surface area contributed by atoms with Gasteiger partial charge >= 0.3 is 0 Å². The summed E-state index contributed by atoms with van der Waals surface area (Å²) in [5.41, 5.74) is 1.07. The van der Waals surface area contributed by atoms with Crippen LogP contribution in [0.25, 0.3) is 0 Å². The molecular weight excluding hydrogens is 306 g/mol. The first kappa shape index (κ1) is 16.6. The van der Waals surface area contributed by atoms with Gasteiger partial charge in [0.25, 0.3) is 0 Å². The van der Waals surface area contributed by atoms with Gasteiger partial charge in [0.1, 0.15) is 5.75 Å². The zero-order valence-corrected chi connectivity index (χ0v) is 14.4. The minimum atomic E-state index is -0.147. The van der Waals surface area contributed by atoms with Crippen LogP contribution in [0.4, 0.5) is 5.69 Å². The molecule has 2 heterocycles. The Balaban J connectivity index is 1.59. The van der Waals surface area contributed by atoms with Crippen LogP contribution in [-0.4, -0.2) is 68.5 Å². The van der Waals surface area contributed by atoms with Crippen LogP contribution in [0.5, 0.6) is 5.75 Å². The van der Waals surface area contributed by atoms with Crippen molar-refractivity contribution in [3.8, 4) is 5.75 Å². The lowest BCUT2D eigenvalue weighted by Gasteiger charge is -2.39. The smallest absolute Gasteiger partial charge is 0.226 e. The Morgan fingerprint density at radius 3 is 2.50 bits per heavy atom. The van der Waals surface area contributed by atoms with Gasteiger partial charge in [-0.05, 0) is 18.6 Å². The summed E-state index contributed by atoms with van der Waals surface area (Å²) in [4.78, 5) is 30.4. The summed E-state index contributed by atoms with van der Waals surface area (Å²) in [7, 11) is 3.48. The van der Waals surface area contributed by atoms with E-state index < -0.39 is 0 Å². The van der Waals surface area contributed by atoms with Crippen LogP contribution in [0.3, 0.4) is 0 Å². The van der Waals surface area contributed by atoms with E-state index in [0.29, 0.717) is 26.1 Å². The minimum Gasteiger partial charge on any atom is -0.495 e. The molecule has 0 aromatic heterocycles. The van der Waals surface area contributed by atoms with Crippen LogP contribution < -0.4 is 9.64 Å². The molecule has 6 nitrogen and oxygen atoms in total. The van der Waals surface area contributed by atoms with Crippen molar-refractivity contribution in [3.05, 3.63) is 24.3 Å². The van der Waals surface area contributed by atoms with Gasteiger partial charge in [0, 0.05) is 52.1 Å². The quantitative estimate of drug-likeness (QED) is 0.835. The normalized spacial score (nSPS) is 21.8. The molecule has 3 rings (SSSR count). The molecule has 1 aromatic carbocycles. The molecule has 1 aromatic rings. The molecule has 24 heavy (non-hydrogen) atoms. The first-order valence-electron chi connectivity index (χ1n) is 8.51. The number of amides is 2. The molecule has 0 unspecified atom stereocenters. The second kappa shape index (κ2) is 7.11. The lowest BCUT2D eigenvalue weighted by atomic mass is 9.94. The summed E-state index contributed by atoms with van der Waals surface area (Å²) in [6.45, 7) is 3.63. The Morgan fingerprint density at radius 2 is 1.83 bits per heavy atom. The molecule has 0 aliphatic carbocycles. The number of nitrogens with zero attached hydrogens (tertiary/aromatic N) is 3. The fraction of sp³-hybridized carbons (Fsp3) is 0.556. The van der Waals surface area contributed by atoms with Crippen LogP contribution >= 0.6 is 0 Å². The van der Waals surface area contributed by atoms with Gasteiger partial charge in [0.05, 0.1) is 12.8 Å². The summed E-state index contributed by atoms with van der Waals surface area (Å²) in [5, 5.41) is 0. The predicted molar refractivity (Wildman–Crippen MR) is 92.1 cm³/mol. The van der Waals surface area contributed by atoms with Crippen molar-refractivity contribution >= 4 is 17.5 Å². The number of para-hydroxylation sites is 2. The van der Waals surface area contributed by atoms with Gasteiger partial charge in [-0.3, -0.25) is 9.59 Å². The molecule has 2 amide bonds. The number of benzene rings is 1. The number of carbonyl (C=O) groups excluding carboxylic acids is 2. The van der Waals surface area contributed by atoms with Crippen molar-refractivity contribution in [1.82, 2.24) is 9.80 Å². The molecule has 0 radical (unpaired) electrons. The highest BCUT2D eigenvalue weighted by Gasteiger charge is 2.33. The standard InChI is InChI=1S/C18H25N3O3/c1-19-8-7-14(13-17(19)22)18(23)21-11-9-20(10-12-21)15-5-3-4-6-16(15)24-2/h3-6,14H,7-13H2,1-2H3/t14-/m1/s1. The van der Waals surface area contributed by atoms with E-state index in [0.717, 1.165) is 30.9 Å². The summed E-state index contributed by atoms with van der Waals surface area (Å²) in [6, 6.07) is 7.96. The maximum Gasteiger partial charge on any atom is 0.226 e. The average Bonchev–Trinajstić information content (AvgIpc) is 2.63. The molecule has 2 saturated heterocycles. The van der Waals surface area contributed by atoms with Gasteiger partial charge in [-0.25, -0.2) is 0 Å². The van der Waals surface area contributed by atoms with E-state index in [1.807, 2.05) is 29.2 Å². The van der Waals surface area contributed by atoms with Crippen molar-refractivity contribution in [2.75, 3.05) is 51.8 Å². The summed E-state index contributed by atoms with van der Waals surface area (Å²) >= 11 is 0. The second-order valence-corrected chi connectivity index (χ2v) is 6.49. The largest absolute Gasteiger partial charge is 0.495 e. The Kier molecular flexibility index (Phi) is 4.92. The van der Waals surface area contributed by atoms with Crippen molar-refractivity contribution in [3.63, 3.8) is 0 Å². The third-order valence-electron chi connectivity index (χ3n) is 5.03.